The fraction of sp³-hybridized carbons (Fsp3) is 0.217. The summed E-state index contributed by atoms with van der Waals surface area (Å²) < 4.78 is 62.6. The Balaban J connectivity index is 2.07. The van der Waals surface area contributed by atoms with Gasteiger partial charge in [0, 0.05) is 35.8 Å². The summed E-state index contributed by atoms with van der Waals surface area (Å²) in [5.74, 6) is -4.29. The van der Waals surface area contributed by atoms with Gasteiger partial charge in [-0.25, -0.2) is 9.18 Å². The van der Waals surface area contributed by atoms with E-state index in [-0.39, 0.29) is 22.1 Å². The van der Waals surface area contributed by atoms with Crippen LogP contribution in [-0.4, -0.2) is 26.9 Å². The maximum absolute atomic E-state index is 14.2. The highest BCUT2D eigenvalue weighted by molar-refractivity contribution is 6.31. The molecule has 2 aromatic carbocycles. The number of pyridine rings is 1. The van der Waals surface area contributed by atoms with Crippen LogP contribution in [-0.2, 0) is 12.6 Å². The minimum Gasteiger partial charge on any atom is -0.478 e. The van der Waals surface area contributed by atoms with E-state index in [2.05, 4.69) is 0 Å². The zero-order valence-electron chi connectivity index (χ0n) is 17.7. The van der Waals surface area contributed by atoms with Gasteiger partial charge in [-0.05, 0) is 48.0 Å². The minimum absolute atomic E-state index is 0.0285. The molecule has 11 heteroatoms. The number of aliphatic hydroxyl groups is 1. The van der Waals surface area contributed by atoms with Crippen molar-refractivity contribution in [3.8, 4) is 11.5 Å². The van der Waals surface area contributed by atoms with Crippen molar-refractivity contribution >= 4 is 17.6 Å². The van der Waals surface area contributed by atoms with Crippen molar-refractivity contribution in [2.24, 2.45) is 7.05 Å². The van der Waals surface area contributed by atoms with Gasteiger partial charge in [0.15, 0.2) is 5.60 Å². The van der Waals surface area contributed by atoms with Crippen LogP contribution in [0.25, 0.3) is 0 Å². The summed E-state index contributed by atoms with van der Waals surface area (Å²) in [6.45, 7) is 1.12. The van der Waals surface area contributed by atoms with E-state index in [1.54, 1.807) is 0 Å². The van der Waals surface area contributed by atoms with Crippen LogP contribution in [0.3, 0.4) is 0 Å². The molecule has 2 unspecified atom stereocenters. The number of carboxylic acids is 1. The molecule has 180 valence electrons. The number of aromatic nitrogens is 1. The molecule has 0 aliphatic rings. The molecule has 34 heavy (non-hydrogen) atoms. The average molecular weight is 500 g/mol. The van der Waals surface area contributed by atoms with Gasteiger partial charge < -0.3 is 19.5 Å². The van der Waals surface area contributed by atoms with Gasteiger partial charge in [-0.15, -0.1) is 0 Å². The lowest BCUT2D eigenvalue weighted by molar-refractivity contribution is -0.274. The molecular weight excluding hydrogens is 482 g/mol. The first kappa shape index (κ1) is 25.3. The van der Waals surface area contributed by atoms with E-state index in [1.165, 1.54) is 19.2 Å². The van der Waals surface area contributed by atoms with Crippen LogP contribution >= 0.6 is 11.6 Å². The fourth-order valence-electron chi connectivity index (χ4n) is 3.49. The second-order valence-corrected chi connectivity index (χ2v) is 7.99. The Morgan fingerprint density at radius 1 is 1.09 bits per heavy atom. The normalized spacial score (nSPS) is 14.4. The number of alkyl halides is 3. The number of benzene rings is 2. The summed E-state index contributed by atoms with van der Waals surface area (Å²) in [6, 6.07) is 8.49. The Bertz CT molecular complexity index is 1310. The Labute approximate surface area is 195 Å². The van der Waals surface area contributed by atoms with Crippen molar-refractivity contribution in [2.75, 3.05) is 0 Å². The van der Waals surface area contributed by atoms with Crippen LogP contribution in [0, 0.1) is 5.82 Å². The maximum atomic E-state index is 14.2. The van der Waals surface area contributed by atoms with Gasteiger partial charge in [0.2, 0.25) is 5.56 Å². The summed E-state index contributed by atoms with van der Waals surface area (Å²) in [5, 5.41) is 19.9. The largest absolute Gasteiger partial charge is 0.478 e. The van der Waals surface area contributed by atoms with Gasteiger partial charge in [-0.3, -0.25) is 4.79 Å². The second kappa shape index (κ2) is 9.11. The third-order valence-corrected chi connectivity index (χ3v) is 5.77. The Kier molecular flexibility index (Phi) is 6.77. The molecule has 0 fully saturated rings. The summed E-state index contributed by atoms with van der Waals surface area (Å²) in [6.07, 6.45) is -4.26. The summed E-state index contributed by atoms with van der Waals surface area (Å²) in [5.41, 5.74) is -5.34. The number of nitrogens with zero attached hydrogens (tertiary/aromatic N) is 1. The van der Waals surface area contributed by atoms with E-state index in [0.717, 1.165) is 54.1 Å². The number of aryl methyl sites for hydroxylation is 1. The number of carboxylic acid groups (broad SMARTS) is 1. The van der Waals surface area contributed by atoms with Crippen molar-refractivity contribution in [2.45, 2.75) is 24.6 Å². The highest BCUT2D eigenvalue weighted by Crippen LogP contribution is 2.50. The molecular formula is C23H18ClF4NO5. The van der Waals surface area contributed by atoms with Gasteiger partial charge in [-0.2, -0.15) is 13.2 Å². The molecule has 0 spiro atoms. The number of halogens is 5. The van der Waals surface area contributed by atoms with E-state index in [9.17, 15) is 32.3 Å². The second-order valence-electron chi connectivity index (χ2n) is 7.58. The molecule has 2 atom stereocenters. The van der Waals surface area contributed by atoms with Crippen molar-refractivity contribution in [1.82, 2.24) is 4.57 Å². The Morgan fingerprint density at radius 3 is 2.29 bits per heavy atom. The molecule has 3 aromatic rings. The lowest BCUT2D eigenvalue weighted by Gasteiger charge is -2.37. The molecule has 0 aliphatic heterocycles. The molecule has 0 bridgehead atoms. The van der Waals surface area contributed by atoms with Gasteiger partial charge >= 0.3 is 12.1 Å². The first-order valence-electron chi connectivity index (χ1n) is 9.72. The first-order valence-corrected chi connectivity index (χ1v) is 10.1. The van der Waals surface area contributed by atoms with Crippen molar-refractivity contribution < 1.29 is 37.3 Å². The summed E-state index contributed by atoms with van der Waals surface area (Å²) in [7, 11) is 1.25. The van der Waals surface area contributed by atoms with E-state index in [4.69, 9.17) is 21.4 Å². The lowest BCUT2D eigenvalue weighted by Crippen LogP contribution is -2.47. The zero-order valence-corrected chi connectivity index (χ0v) is 18.5. The molecule has 0 aliphatic carbocycles. The lowest BCUT2D eigenvalue weighted by atomic mass is 9.78. The van der Waals surface area contributed by atoms with Crippen LogP contribution in [0.15, 0.2) is 59.5 Å². The SMILES string of the molecule is CC(c1cc(Oc2ccc(F)c(C(=O)O)c2)ccc1Cl)C(O)(c1ccc(=O)n(C)c1)C(F)(F)F. The van der Waals surface area contributed by atoms with Crippen LogP contribution in [0.2, 0.25) is 5.02 Å². The van der Waals surface area contributed by atoms with Crippen LogP contribution < -0.4 is 10.3 Å². The number of ether oxygens (including phenoxy) is 1. The summed E-state index contributed by atoms with van der Waals surface area (Å²) >= 11 is 6.17. The number of hydrogen-bond donors (Lipinski definition) is 2. The predicted molar refractivity (Wildman–Crippen MR) is 115 cm³/mol. The van der Waals surface area contributed by atoms with Gasteiger partial charge in [0.1, 0.15) is 17.3 Å². The molecule has 6 nitrogen and oxygen atoms in total. The third kappa shape index (κ3) is 4.64. The Morgan fingerprint density at radius 2 is 1.71 bits per heavy atom. The monoisotopic (exact) mass is 499 g/mol. The Hall–Kier alpha value is -3.37. The highest BCUT2D eigenvalue weighted by Gasteiger charge is 2.59. The van der Waals surface area contributed by atoms with Crippen molar-refractivity contribution in [1.29, 1.82) is 0 Å². The van der Waals surface area contributed by atoms with Crippen LogP contribution in [0.5, 0.6) is 11.5 Å². The molecule has 3 rings (SSSR count). The maximum Gasteiger partial charge on any atom is 0.422 e. The number of carbonyl (C=O) groups is 1. The smallest absolute Gasteiger partial charge is 0.422 e. The van der Waals surface area contributed by atoms with Crippen LogP contribution in [0.4, 0.5) is 17.6 Å². The quantitative estimate of drug-likeness (QED) is 0.454. The molecule has 0 saturated carbocycles. The topological polar surface area (TPSA) is 88.8 Å². The first-order chi connectivity index (χ1) is 15.8. The predicted octanol–water partition coefficient (Wildman–Crippen LogP) is 5.22. The van der Waals surface area contributed by atoms with Gasteiger partial charge in [-0.1, -0.05) is 18.5 Å². The molecule has 0 saturated heterocycles. The molecule has 0 amide bonds. The standard InChI is InChI=1S/C23H18ClF4NO5/c1-12(22(33,23(26,27)28)13-3-8-20(30)29(2)11-13)16-9-14(4-6-18(16)24)34-15-5-7-19(25)17(10-15)21(31)32/h3-12,33H,1-2H3,(H,31,32). The minimum atomic E-state index is -5.16. The molecule has 2 N–H and O–H groups in total. The van der Waals surface area contributed by atoms with Crippen molar-refractivity contribution in [3.05, 3.63) is 92.6 Å². The molecule has 1 aromatic heterocycles. The van der Waals surface area contributed by atoms with Crippen molar-refractivity contribution in [3.63, 3.8) is 0 Å². The van der Waals surface area contributed by atoms with E-state index in [1.807, 2.05) is 0 Å². The molecule has 1 heterocycles. The van der Waals surface area contributed by atoms with E-state index in [0.29, 0.717) is 0 Å². The average Bonchev–Trinajstić information content (AvgIpc) is 2.76. The number of rotatable bonds is 6. The third-order valence-electron chi connectivity index (χ3n) is 5.42. The number of hydrogen-bond acceptors (Lipinski definition) is 4. The highest BCUT2D eigenvalue weighted by atomic mass is 35.5. The number of aromatic carboxylic acids is 1. The van der Waals surface area contributed by atoms with Gasteiger partial charge in [0.05, 0.1) is 5.56 Å². The van der Waals surface area contributed by atoms with E-state index < -0.39 is 46.2 Å². The van der Waals surface area contributed by atoms with Gasteiger partial charge in [0.25, 0.3) is 0 Å². The molecule has 0 radical (unpaired) electrons. The fourth-order valence-corrected chi connectivity index (χ4v) is 3.77. The van der Waals surface area contributed by atoms with Crippen LogP contribution in [0.1, 0.15) is 34.3 Å². The zero-order chi connectivity index (χ0) is 25.4. The summed E-state index contributed by atoms with van der Waals surface area (Å²) in [4.78, 5) is 22.8. The van der Waals surface area contributed by atoms with E-state index >= 15 is 0 Å².